The Morgan fingerprint density at radius 2 is 1.88 bits per heavy atom. The van der Waals surface area contributed by atoms with Gasteiger partial charge in [0.15, 0.2) is 5.65 Å². The molecule has 6 heteroatoms. The lowest BCUT2D eigenvalue weighted by molar-refractivity contribution is 0.191. The zero-order valence-electron chi connectivity index (χ0n) is 13.7. The van der Waals surface area contributed by atoms with E-state index >= 15 is 0 Å². The molecule has 124 valence electrons. The predicted octanol–water partition coefficient (Wildman–Crippen LogP) is 2.96. The van der Waals surface area contributed by atoms with Crippen molar-refractivity contribution in [3.8, 4) is 5.75 Å². The van der Waals surface area contributed by atoms with Crippen LogP contribution in [0.2, 0.25) is 0 Å². The Morgan fingerprint density at radius 3 is 2.62 bits per heavy atom. The minimum Gasteiger partial charge on any atom is -0.491 e. The van der Waals surface area contributed by atoms with Crippen molar-refractivity contribution in [3.05, 3.63) is 54.5 Å². The van der Waals surface area contributed by atoms with Gasteiger partial charge in [-0.25, -0.2) is 15.0 Å². The van der Waals surface area contributed by atoms with Crippen molar-refractivity contribution in [1.82, 2.24) is 15.0 Å². The first kappa shape index (κ1) is 16.1. The molecule has 0 fully saturated rings. The van der Waals surface area contributed by atoms with Crippen LogP contribution >= 0.6 is 0 Å². The summed E-state index contributed by atoms with van der Waals surface area (Å²) in [6.45, 7) is 4.30. The maximum absolute atomic E-state index is 10.4. The second-order valence-electron chi connectivity index (χ2n) is 5.73. The first-order valence-electron chi connectivity index (χ1n) is 7.88. The lowest BCUT2D eigenvalue weighted by Gasteiger charge is -2.15. The number of nitrogens with one attached hydrogen (secondary N) is 1. The van der Waals surface area contributed by atoms with E-state index in [1.807, 2.05) is 50.2 Å². The Balaban J connectivity index is 1.67. The summed E-state index contributed by atoms with van der Waals surface area (Å²) in [4.78, 5) is 12.5. The molecular formula is C18H20N4O2. The molecule has 0 radical (unpaired) electrons. The smallest absolute Gasteiger partial charge is 0.164 e. The summed E-state index contributed by atoms with van der Waals surface area (Å²) < 4.78 is 5.61. The van der Waals surface area contributed by atoms with Gasteiger partial charge in [-0.05, 0) is 43.7 Å². The average molecular weight is 324 g/mol. The molecule has 3 aromatic rings. The van der Waals surface area contributed by atoms with E-state index in [2.05, 4.69) is 20.3 Å². The van der Waals surface area contributed by atoms with Crippen molar-refractivity contribution >= 4 is 16.9 Å². The van der Waals surface area contributed by atoms with Crippen LogP contribution in [0.4, 0.5) is 5.82 Å². The number of ether oxygens (including phenoxy) is 1. The average Bonchev–Trinajstić information content (AvgIpc) is 2.59. The van der Waals surface area contributed by atoms with Crippen LogP contribution in [0.5, 0.6) is 5.75 Å². The molecule has 0 saturated heterocycles. The standard InChI is InChI=1S/C18H20N4O2/c1-12(2)24-14-7-5-13(6-8-14)16(23)10-20-18-15-4-3-9-19-17(15)21-11-22-18/h3-9,11-12,16,23H,10H2,1-2H3,(H,19,20,21,22). The molecule has 1 atom stereocenters. The molecule has 0 aliphatic heterocycles. The van der Waals surface area contributed by atoms with Gasteiger partial charge in [0.1, 0.15) is 17.9 Å². The van der Waals surface area contributed by atoms with E-state index in [9.17, 15) is 5.11 Å². The molecule has 1 aromatic carbocycles. The molecule has 2 heterocycles. The fourth-order valence-corrected chi connectivity index (χ4v) is 2.39. The van der Waals surface area contributed by atoms with Gasteiger partial charge in [-0.1, -0.05) is 12.1 Å². The molecule has 6 nitrogen and oxygen atoms in total. The van der Waals surface area contributed by atoms with Crippen LogP contribution in [0.1, 0.15) is 25.5 Å². The highest BCUT2D eigenvalue weighted by molar-refractivity contribution is 5.85. The van der Waals surface area contributed by atoms with Crippen LogP contribution in [0.3, 0.4) is 0 Å². The van der Waals surface area contributed by atoms with Gasteiger partial charge in [0, 0.05) is 12.7 Å². The molecule has 2 N–H and O–H groups in total. The Labute approximate surface area is 140 Å². The molecule has 2 aromatic heterocycles. The summed E-state index contributed by atoms with van der Waals surface area (Å²) in [5.74, 6) is 1.45. The van der Waals surface area contributed by atoms with E-state index in [-0.39, 0.29) is 6.10 Å². The minimum atomic E-state index is -0.653. The van der Waals surface area contributed by atoms with E-state index < -0.39 is 6.10 Å². The van der Waals surface area contributed by atoms with E-state index in [1.165, 1.54) is 6.33 Å². The molecule has 0 amide bonds. The molecule has 0 spiro atoms. The fourth-order valence-electron chi connectivity index (χ4n) is 2.39. The number of hydrogen-bond acceptors (Lipinski definition) is 6. The molecule has 1 unspecified atom stereocenters. The summed E-state index contributed by atoms with van der Waals surface area (Å²) in [7, 11) is 0. The normalized spacial score (nSPS) is 12.3. The number of aliphatic hydroxyl groups excluding tert-OH is 1. The lowest BCUT2D eigenvalue weighted by atomic mass is 10.1. The molecule has 3 rings (SSSR count). The third-order valence-corrected chi connectivity index (χ3v) is 3.51. The quantitative estimate of drug-likeness (QED) is 0.725. The van der Waals surface area contributed by atoms with Crippen LogP contribution in [-0.4, -0.2) is 32.7 Å². The molecule has 0 aliphatic carbocycles. The SMILES string of the molecule is CC(C)Oc1ccc(C(O)CNc2ncnc3ncccc23)cc1. The monoisotopic (exact) mass is 324 g/mol. The maximum Gasteiger partial charge on any atom is 0.164 e. The van der Waals surface area contributed by atoms with Gasteiger partial charge in [0.2, 0.25) is 0 Å². The number of pyridine rings is 1. The number of benzene rings is 1. The van der Waals surface area contributed by atoms with Crippen molar-refractivity contribution in [1.29, 1.82) is 0 Å². The highest BCUT2D eigenvalue weighted by atomic mass is 16.5. The number of aliphatic hydroxyl groups is 1. The van der Waals surface area contributed by atoms with Crippen LogP contribution in [-0.2, 0) is 0 Å². The van der Waals surface area contributed by atoms with Gasteiger partial charge < -0.3 is 15.2 Å². The molecule has 0 aliphatic rings. The Hall–Kier alpha value is -2.73. The lowest BCUT2D eigenvalue weighted by Crippen LogP contribution is -2.13. The summed E-state index contributed by atoms with van der Waals surface area (Å²) in [5.41, 5.74) is 1.44. The highest BCUT2D eigenvalue weighted by Gasteiger charge is 2.10. The third kappa shape index (κ3) is 3.78. The summed E-state index contributed by atoms with van der Waals surface area (Å²) in [6.07, 6.45) is 2.62. The van der Waals surface area contributed by atoms with Crippen LogP contribution < -0.4 is 10.1 Å². The third-order valence-electron chi connectivity index (χ3n) is 3.51. The van der Waals surface area contributed by atoms with Crippen molar-refractivity contribution < 1.29 is 9.84 Å². The Bertz CT molecular complexity index is 800. The molecule has 0 saturated carbocycles. The van der Waals surface area contributed by atoms with Gasteiger partial charge in [-0.2, -0.15) is 0 Å². The van der Waals surface area contributed by atoms with E-state index in [0.29, 0.717) is 18.0 Å². The topological polar surface area (TPSA) is 80.2 Å². The minimum absolute atomic E-state index is 0.127. The molecule has 24 heavy (non-hydrogen) atoms. The van der Waals surface area contributed by atoms with Gasteiger partial charge in [0.25, 0.3) is 0 Å². The van der Waals surface area contributed by atoms with Gasteiger partial charge in [-0.15, -0.1) is 0 Å². The number of anilines is 1. The number of hydrogen-bond donors (Lipinski definition) is 2. The fraction of sp³-hybridized carbons (Fsp3) is 0.278. The summed E-state index contributed by atoms with van der Waals surface area (Å²) in [5, 5.41) is 14.4. The first-order valence-corrected chi connectivity index (χ1v) is 7.88. The Kier molecular flexibility index (Phi) is 4.86. The van der Waals surface area contributed by atoms with Gasteiger partial charge in [0.05, 0.1) is 17.6 Å². The van der Waals surface area contributed by atoms with Gasteiger partial charge >= 0.3 is 0 Å². The largest absolute Gasteiger partial charge is 0.491 e. The van der Waals surface area contributed by atoms with Crippen LogP contribution in [0, 0.1) is 0 Å². The molecular weight excluding hydrogens is 304 g/mol. The number of nitrogens with zero attached hydrogens (tertiary/aromatic N) is 3. The van der Waals surface area contributed by atoms with E-state index in [1.54, 1.807) is 6.20 Å². The maximum atomic E-state index is 10.4. The number of aromatic nitrogens is 3. The van der Waals surface area contributed by atoms with Crippen LogP contribution in [0.25, 0.3) is 11.0 Å². The van der Waals surface area contributed by atoms with Gasteiger partial charge in [-0.3, -0.25) is 0 Å². The second kappa shape index (κ2) is 7.23. The number of fused-ring (bicyclic) bond motifs is 1. The zero-order chi connectivity index (χ0) is 16.9. The Morgan fingerprint density at radius 1 is 1.08 bits per heavy atom. The first-order chi connectivity index (χ1) is 11.6. The predicted molar refractivity (Wildman–Crippen MR) is 93.0 cm³/mol. The zero-order valence-corrected chi connectivity index (χ0v) is 13.7. The molecule has 0 bridgehead atoms. The van der Waals surface area contributed by atoms with Crippen molar-refractivity contribution in [2.45, 2.75) is 26.1 Å². The summed E-state index contributed by atoms with van der Waals surface area (Å²) >= 11 is 0. The van der Waals surface area contributed by atoms with Crippen molar-refractivity contribution in [2.24, 2.45) is 0 Å². The summed E-state index contributed by atoms with van der Waals surface area (Å²) in [6, 6.07) is 11.2. The second-order valence-corrected chi connectivity index (χ2v) is 5.73. The van der Waals surface area contributed by atoms with Crippen LogP contribution in [0.15, 0.2) is 48.9 Å². The highest BCUT2D eigenvalue weighted by Crippen LogP contribution is 2.21. The number of rotatable bonds is 6. The van der Waals surface area contributed by atoms with E-state index in [0.717, 1.165) is 16.7 Å². The van der Waals surface area contributed by atoms with E-state index in [4.69, 9.17) is 4.74 Å². The van der Waals surface area contributed by atoms with Crippen molar-refractivity contribution in [3.63, 3.8) is 0 Å². The van der Waals surface area contributed by atoms with Crippen molar-refractivity contribution in [2.75, 3.05) is 11.9 Å².